The van der Waals surface area contributed by atoms with Crippen LogP contribution in [0.4, 0.5) is 5.69 Å². The van der Waals surface area contributed by atoms with Crippen LogP contribution in [0, 0.1) is 3.57 Å². The molecule has 0 spiro atoms. The number of hydrogen-bond donors (Lipinski definition) is 2. The molecule has 0 fully saturated rings. The summed E-state index contributed by atoms with van der Waals surface area (Å²) in [5.41, 5.74) is 1.53. The number of hydrogen-bond acceptors (Lipinski definition) is 5. The van der Waals surface area contributed by atoms with Gasteiger partial charge in [-0.15, -0.1) is 0 Å². The summed E-state index contributed by atoms with van der Waals surface area (Å²) < 4.78 is 25.4. The molecule has 0 aromatic heterocycles. The highest BCUT2D eigenvalue weighted by molar-refractivity contribution is 14.1. The normalized spacial score (nSPS) is 12.8. The maximum atomic E-state index is 13.3. The SMILES string of the molecule is CCOP(=O)(OCC)[C@H](Nc1ccc(I)cc1)c1ccc(O)cc1. The van der Waals surface area contributed by atoms with Crippen molar-refractivity contribution >= 4 is 35.9 Å². The van der Waals surface area contributed by atoms with Crippen molar-refractivity contribution in [1.29, 1.82) is 0 Å². The van der Waals surface area contributed by atoms with Crippen LogP contribution in [0.2, 0.25) is 0 Å². The van der Waals surface area contributed by atoms with Crippen LogP contribution in [0.1, 0.15) is 25.2 Å². The number of benzene rings is 2. The lowest BCUT2D eigenvalue weighted by Gasteiger charge is -2.28. The first kappa shape index (κ1) is 19.2. The van der Waals surface area contributed by atoms with Crippen LogP contribution in [-0.2, 0) is 13.6 Å². The summed E-state index contributed by atoms with van der Waals surface area (Å²) in [4.78, 5) is 0. The quantitative estimate of drug-likeness (QED) is 0.409. The summed E-state index contributed by atoms with van der Waals surface area (Å²) >= 11 is 2.23. The van der Waals surface area contributed by atoms with Gasteiger partial charge < -0.3 is 19.5 Å². The molecule has 0 unspecified atom stereocenters. The van der Waals surface area contributed by atoms with E-state index in [1.54, 1.807) is 38.1 Å². The van der Waals surface area contributed by atoms with Crippen molar-refractivity contribution in [2.75, 3.05) is 18.5 Å². The molecule has 0 amide bonds. The van der Waals surface area contributed by atoms with Gasteiger partial charge in [-0.05, 0) is 78.4 Å². The molecule has 1 atom stereocenters. The number of anilines is 1. The second kappa shape index (κ2) is 8.85. The number of phenols is 1. The Bertz CT molecular complexity index is 681. The molecule has 2 aromatic carbocycles. The lowest BCUT2D eigenvalue weighted by molar-refractivity contribution is 0.214. The molecule has 7 heteroatoms. The van der Waals surface area contributed by atoms with Gasteiger partial charge in [0, 0.05) is 9.26 Å². The van der Waals surface area contributed by atoms with Gasteiger partial charge in [0.1, 0.15) is 5.75 Å². The Morgan fingerprint density at radius 2 is 1.58 bits per heavy atom. The van der Waals surface area contributed by atoms with E-state index in [9.17, 15) is 9.67 Å². The fraction of sp³-hybridized carbons (Fsp3) is 0.294. The van der Waals surface area contributed by atoms with E-state index in [1.807, 2.05) is 24.3 Å². The Kier molecular flexibility index (Phi) is 7.10. The fourth-order valence-electron chi connectivity index (χ4n) is 2.25. The van der Waals surface area contributed by atoms with Gasteiger partial charge in [-0.2, -0.15) is 0 Å². The molecule has 0 aliphatic rings. The maximum absolute atomic E-state index is 13.3. The fourth-order valence-corrected chi connectivity index (χ4v) is 4.55. The monoisotopic (exact) mass is 461 g/mol. The standard InChI is InChI=1S/C17H21INO4P/c1-3-22-24(21,23-4-2)17(13-5-11-16(20)12-6-13)19-15-9-7-14(18)8-10-15/h5-12,17,19-20H,3-4H2,1-2H3/t17-/m0/s1. The minimum absolute atomic E-state index is 0.148. The van der Waals surface area contributed by atoms with Gasteiger partial charge in [0.05, 0.1) is 13.2 Å². The van der Waals surface area contributed by atoms with E-state index < -0.39 is 13.4 Å². The number of phenolic OH excluding ortho intramolecular Hbond substituents is 1. The lowest BCUT2D eigenvalue weighted by Crippen LogP contribution is -2.15. The van der Waals surface area contributed by atoms with Crippen LogP contribution in [-0.4, -0.2) is 18.3 Å². The molecule has 0 saturated carbocycles. The van der Waals surface area contributed by atoms with E-state index in [4.69, 9.17) is 9.05 Å². The molecule has 0 bridgehead atoms. The predicted molar refractivity (Wildman–Crippen MR) is 104 cm³/mol. The predicted octanol–water partition coefficient (Wildman–Crippen LogP) is 5.37. The average Bonchev–Trinajstić information content (AvgIpc) is 2.56. The van der Waals surface area contributed by atoms with Crippen LogP contribution in [0.5, 0.6) is 5.75 Å². The maximum Gasteiger partial charge on any atom is 0.357 e. The largest absolute Gasteiger partial charge is 0.508 e. The van der Waals surface area contributed by atoms with Crippen molar-refractivity contribution in [2.45, 2.75) is 19.6 Å². The van der Waals surface area contributed by atoms with Crippen molar-refractivity contribution in [1.82, 2.24) is 0 Å². The summed E-state index contributed by atoms with van der Waals surface area (Å²) in [6.07, 6.45) is 0. The number of halogens is 1. The summed E-state index contributed by atoms with van der Waals surface area (Å²) in [5.74, 6) is -0.521. The van der Waals surface area contributed by atoms with Gasteiger partial charge in [0.15, 0.2) is 5.78 Å². The first-order valence-electron chi connectivity index (χ1n) is 7.68. The molecule has 0 aliphatic heterocycles. The highest BCUT2D eigenvalue weighted by atomic mass is 127. The second-order valence-corrected chi connectivity index (χ2v) is 8.38. The Balaban J connectivity index is 2.41. The summed E-state index contributed by atoms with van der Waals surface area (Å²) in [7, 11) is -3.44. The number of aromatic hydroxyl groups is 1. The molecule has 2 rings (SSSR count). The Morgan fingerprint density at radius 3 is 2.08 bits per heavy atom. The topological polar surface area (TPSA) is 67.8 Å². The first-order valence-corrected chi connectivity index (χ1v) is 10.4. The molecular weight excluding hydrogens is 440 g/mol. The van der Waals surface area contributed by atoms with E-state index in [0.717, 1.165) is 14.8 Å². The number of rotatable bonds is 8. The molecule has 0 heterocycles. The van der Waals surface area contributed by atoms with Crippen molar-refractivity contribution < 1.29 is 18.7 Å². The molecule has 130 valence electrons. The highest BCUT2D eigenvalue weighted by Crippen LogP contribution is 2.60. The van der Waals surface area contributed by atoms with Crippen LogP contribution >= 0.6 is 30.2 Å². The van der Waals surface area contributed by atoms with Crippen LogP contribution in [0.15, 0.2) is 48.5 Å². The molecule has 2 N–H and O–H groups in total. The Morgan fingerprint density at radius 1 is 1.04 bits per heavy atom. The van der Waals surface area contributed by atoms with E-state index in [1.165, 1.54) is 0 Å². The lowest BCUT2D eigenvalue weighted by atomic mass is 10.2. The molecule has 2 aromatic rings. The van der Waals surface area contributed by atoms with Crippen molar-refractivity contribution in [2.24, 2.45) is 0 Å². The third-order valence-corrected chi connectivity index (χ3v) is 6.31. The molecule has 0 saturated heterocycles. The minimum atomic E-state index is -3.44. The summed E-state index contributed by atoms with van der Waals surface area (Å²) in [5, 5.41) is 12.8. The van der Waals surface area contributed by atoms with Crippen LogP contribution in [0.25, 0.3) is 0 Å². The second-order valence-electron chi connectivity index (χ2n) is 5.02. The van der Waals surface area contributed by atoms with Gasteiger partial charge in [-0.3, -0.25) is 4.57 Å². The number of nitrogens with one attached hydrogen (secondary N) is 1. The molecule has 5 nitrogen and oxygen atoms in total. The summed E-state index contributed by atoms with van der Waals surface area (Å²) in [6.45, 7) is 4.12. The smallest absolute Gasteiger partial charge is 0.357 e. The van der Waals surface area contributed by atoms with Crippen molar-refractivity contribution in [3.63, 3.8) is 0 Å². The molecule has 0 radical (unpaired) electrons. The summed E-state index contributed by atoms with van der Waals surface area (Å²) in [6, 6.07) is 14.3. The Labute approximate surface area is 156 Å². The zero-order valence-corrected chi connectivity index (χ0v) is 16.7. The third-order valence-electron chi connectivity index (χ3n) is 3.29. The van der Waals surface area contributed by atoms with Crippen LogP contribution < -0.4 is 5.32 Å². The van der Waals surface area contributed by atoms with Gasteiger partial charge >= 0.3 is 7.60 Å². The van der Waals surface area contributed by atoms with Gasteiger partial charge in [-0.25, -0.2) is 0 Å². The molecular formula is C17H21INO4P. The van der Waals surface area contributed by atoms with Crippen LogP contribution in [0.3, 0.4) is 0 Å². The zero-order chi connectivity index (χ0) is 17.6. The first-order chi connectivity index (χ1) is 11.5. The van der Waals surface area contributed by atoms with Gasteiger partial charge in [-0.1, -0.05) is 12.1 Å². The van der Waals surface area contributed by atoms with Gasteiger partial charge in [0.25, 0.3) is 0 Å². The van der Waals surface area contributed by atoms with Crippen molar-refractivity contribution in [3.05, 3.63) is 57.7 Å². The molecule has 24 heavy (non-hydrogen) atoms. The van der Waals surface area contributed by atoms with Gasteiger partial charge in [0.2, 0.25) is 0 Å². The third kappa shape index (κ3) is 4.96. The van der Waals surface area contributed by atoms with E-state index in [2.05, 4.69) is 27.9 Å². The molecule has 0 aliphatic carbocycles. The highest BCUT2D eigenvalue weighted by Gasteiger charge is 2.37. The van der Waals surface area contributed by atoms with Crippen molar-refractivity contribution in [3.8, 4) is 5.75 Å². The minimum Gasteiger partial charge on any atom is -0.508 e. The Hall–Kier alpha value is -1.08. The van der Waals surface area contributed by atoms with E-state index >= 15 is 0 Å². The zero-order valence-electron chi connectivity index (χ0n) is 13.6. The van der Waals surface area contributed by atoms with E-state index in [0.29, 0.717) is 0 Å². The van der Waals surface area contributed by atoms with E-state index in [-0.39, 0.29) is 19.0 Å². The average molecular weight is 461 g/mol.